The molecule has 26 heavy (non-hydrogen) atoms. The van der Waals surface area contributed by atoms with Gasteiger partial charge in [0.2, 0.25) is 0 Å². The van der Waals surface area contributed by atoms with E-state index in [1.165, 1.54) is 6.07 Å². The Kier molecular flexibility index (Phi) is 7.26. The van der Waals surface area contributed by atoms with E-state index >= 15 is 0 Å². The van der Waals surface area contributed by atoms with Crippen molar-refractivity contribution in [1.82, 2.24) is 5.32 Å². The Hall–Kier alpha value is -2.28. The van der Waals surface area contributed by atoms with Gasteiger partial charge in [-0.2, -0.15) is 13.2 Å². The van der Waals surface area contributed by atoms with Crippen LogP contribution >= 0.6 is 15.9 Å². The lowest BCUT2D eigenvalue weighted by Crippen LogP contribution is -2.24. The molecule has 0 unspecified atom stereocenters. The van der Waals surface area contributed by atoms with E-state index in [0.29, 0.717) is 23.0 Å². The number of rotatable bonds is 6. The molecule has 138 valence electrons. The minimum absolute atomic E-state index is 0.195. The van der Waals surface area contributed by atoms with Gasteiger partial charge < -0.3 is 10.1 Å². The van der Waals surface area contributed by atoms with Crippen LogP contribution in [0.25, 0.3) is 6.08 Å². The standard InChI is InChI=1S/C19H17BrF3NO2/c20-17-12-16(19(21,22)23)10-9-15(17)8-4-5-11-24-18(25)26-13-14-6-2-1-3-7-14/h1-4,6-10,12H,5,11,13H2,(H,24,25). The van der Waals surface area contributed by atoms with E-state index in [1.807, 2.05) is 30.3 Å². The van der Waals surface area contributed by atoms with E-state index in [-0.39, 0.29) is 6.61 Å². The third-order valence-electron chi connectivity index (χ3n) is 3.42. The Morgan fingerprint density at radius 1 is 1.15 bits per heavy atom. The van der Waals surface area contributed by atoms with Gasteiger partial charge in [-0.05, 0) is 29.7 Å². The Balaban J connectivity index is 1.73. The lowest BCUT2D eigenvalue weighted by atomic mass is 10.1. The zero-order valence-corrected chi connectivity index (χ0v) is 15.3. The third-order valence-corrected chi connectivity index (χ3v) is 4.11. The minimum Gasteiger partial charge on any atom is -0.445 e. The molecule has 2 aromatic carbocycles. The number of alkyl carbamates (subject to hydrolysis) is 1. The second kappa shape index (κ2) is 9.43. The lowest BCUT2D eigenvalue weighted by molar-refractivity contribution is -0.137. The number of alkyl halides is 3. The van der Waals surface area contributed by atoms with E-state index in [4.69, 9.17) is 4.74 Å². The molecule has 0 fully saturated rings. The van der Waals surface area contributed by atoms with Crippen molar-refractivity contribution in [1.29, 1.82) is 0 Å². The Morgan fingerprint density at radius 2 is 1.88 bits per heavy atom. The highest BCUT2D eigenvalue weighted by molar-refractivity contribution is 9.10. The molecule has 7 heteroatoms. The molecule has 0 aromatic heterocycles. The monoisotopic (exact) mass is 427 g/mol. The molecular formula is C19H17BrF3NO2. The summed E-state index contributed by atoms with van der Waals surface area (Å²) in [6.45, 7) is 0.559. The molecule has 0 bridgehead atoms. The smallest absolute Gasteiger partial charge is 0.416 e. The summed E-state index contributed by atoms with van der Waals surface area (Å²) >= 11 is 3.13. The predicted molar refractivity (Wildman–Crippen MR) is 97.4 cm³/mol. The van der Waals surface area contributed by atoms with Crippen molar-refractivity contribution >= 4 is 28.1 Å². The molecule has 0 heterocycles. The van der Waals surface area contributed by atoms with Crippen LogP contribution in [0.3, 0.4) is 0 Å². The number of benzene rings is 2. The molecule has 2 aromatic rings. The topological polar surface area (TPSA) is 38.3 Å². The first-order valence-electron chi connectivity index (χ1n) is 7.84. The zero-order valence-electron chi connectivity index (χ0n) is 13.7. The second-order valence-corrected chi connectivity index (χ2v) is 6.27. The fourth-order valence-corrected chi connectivity index (χ4v) is 2.59. The number of amides is 1. The molecule has 3 nitrogen and oxygen atoms in total. The number of halogens is 4. The van der Waals surface area contributed by atoms with Gasteiger partial charge in [0.15, 0.2) is 0 Å². The van der Waals surface area contributed by atoms with Crippen molar-refractivity contribution < 1.29 is 22.7 Å². The normalized spacial score (nSPS) is 11.5. The van der Waals surface area contributed by atoms with Crippen LogP contribution in [-0.2, 0) is 17.5 Å². The highest BCUT2D eigenvalue weighted by Crippen LogP contribution is 2.32. The quantitative estimate of drug-likeness (QED) is 0.591. The van der Waals surface area contributed by atoms with Crippen molar-refractivity contribution in [3.8, 4) is 0 Å². The van der Waals surface area contributed by atoms with Gasteiger partial charge in [0, 0.05) is 11.0 Å². The van der Waals surface area contributed by atoms with Gasteiger partial charge in [0.05, 0.1) is 5.56 Å². The molecule has 0 saturated heterocycles. The van der Waals surface area contributed by atoms with Crippen molar-refractivity contribution in [2.45, 2.75) is 19.2 Å². The van der Waals surface area contributed by atoms with E-state index in [0.717, 1.165) is 17.7 Å². The fraction of sp³-hybridized carbons (Fsp3) is 0.211. The average Bonchev–Trinajstić information content (AvgIpc) is 2.61. The van der Waals surface area contributed by atoms with Crippen LogP contribution in [-0.4, -0.2) is 12.6 Å². The van der Waals surface area contributed by atoms with Crippen LogP contribution in [0.5, 0.6) is 0 Å². The summed E-state index contributed by atoms with van der Waals surface area (Å²) in [4.78, 5) is 11.6. The van der Waals surface area contributed by atoms with E-state index in [2.05, 4.69) is 21.2 Å². The summed E-state index contributed by atoms with van der Waals surface area (Å²) in [5.74, 6) is 0. The molecule has 2 rings (SSSR count). The van der Waals surface area contributed by atoms with E-state index in [1.54, 1.807) is 12.2 Å². The summed E-state index contributed by atoms with van der Waals surface area (Å²) in [5, 5.41) is 2.61. The summed E-state index contributed by atoms with van der Waals surface area (Å²) < 4.78 is 43.3. The summed E-state index contributed by atoms with van der Waals surface area (Å²) in [7, 11) is 0. The largest absolute Gasteiger partial charge is 0.445 e. The van der Waals surface area contributed by atoms with Crippen LogP contribution in [0.4, 0.5) is 18.0 Å². The van der Waals surface area contributed by atoms with Crippen molar-refractivity contribution in [3.63, 3.8) is 0 Å². The number of carbonyl (C=O) groups excluding carboxylic acids is 1. The molecule has 0 aliphatic heterocycles. The van der Waals surface area contributed by atoms with Crippen LogP contribution < -0.4 is 5.32 Å². The highest BCUT2D eigenvalue weighted by Gasteiger charge is 2.30. The maximum Gasteiger partial charge on any atom is 0.416 e. The first-order chi connectivity index (χ1) is 12.4. The predicted octanol–water partition coefficient (Wildman–Crippen LogP) is 5.80. The molecule has 0 saturated carbocycles. The molecule has 0 radical (unpaired) electrons. The van der Waals surface area contributed by atoms with E-state index in [9.17, 15) is 18.0 Å². The number of ether oxygens (including phenoxy) is 1. The van der Waals surface area contributed by atoms with Gasteiger partial charge in [0.25, 0.3) is 0 Å². The van der Waals surface area contributed by atoms with Gasteiger partial charge in [0.1, 0.15) is 6.61 Å². The number of carbonyl (C=O) groups is 1. The SMILES string of the molecule is O=C(NCCC=Cc1ccc(C(F)(F)F)cc1Br)OCc1ccccc1. The number of hydrogen-bond acceptors (Lipinski definition) is 2. The van der Waals surface area contributed by atoms with Crippen molar-refractivity contribution in [2.24, 2.45) is 0 Å². The summed E-state index contributed by atoms with van der Waals surface area (Å²) in [5.41, 5.74) is 0.823. The highest BCUT2D eigenvalue weighted by atomic mass is 79.9. The lowest BCUT2D eigenvalue weighted by Gasteiger charge is -2.08. The Morgan fingerprint density at radius 3 is 2.54 bits per heavy atom. The molecule has 1 amide bonds. The first-order valence-corrected chi connectivity index (χ1v) is 8.63. The van der Waals surface area contributed by atoms with Crippen LogP contribution in [0.1, 0.15) is 23.1 Å². The number of hydrogen-bond donors (Lipinski definition) is 1. The van der Waals surface area contributed by atoms with Gasteiger partial charge in [-0.25, -0.2) is 4.79 Å². The van der Waals surface area contributed by atoms with Crippen LogP contribution in [0.15, 0.2) is 59.1 Å². The van der Waals surface area contributed by atoms with Crippen LogP contribution in [0.2, 0.25) is 0 Å². The average molecular weight is 428 g/mol. The van der Waals surface area contributed by atoms with E-state index < -0.39 is 17.8 Å². The Bertz CT molecular complexity index is 761. The zero-order chi connectivity index (χ0) is 19.0. The van der Waals surface area contributed by atoms with Gasteiger partial charge in [-0.15, -0.1) is 0 Å². The molecule has 0 aliphatic rings. The van der Waals surface area contributed by atoms with Gasteiger partial charge in [-0.1, -0.05) is 64.5 Å². The van der Waals surface area contributed by atoms with Gasteiger partial charge in [-0.3, -0.25) is 0 Å². The summed E-state index contributed by atoms with van der Waals surface area (Å²) in [6.07, 6.45) is -0.896. The van der Waals surface area contributed by atoms with Crippen molar-refractivity contribution in [3.05, 3.63) is 75.8 Å². The maximum absolute atomic E-state index is 12.6. The molecule has 1 N–H and O–H groups in total. The molecule has 0 atom stereocenters. The molecule has 0 spiro atoms. The second-order valence-electron chi connectivity index (χ2n) is 5.41. The van der Waals surface area contributed by atoms with Crippen LogP contribution in [0, 0.1) is 0 Å². The Labute approximate surface area is 158 Å². The van der Waals surface area contributed by atoms with Gasteiger partial charge >= 0.3 is 12.3 Å². The molecular weight excluding hydrogens is 411 g/mol. The number of nitrogens with one attached hydrogen (secondary N) is 1. The third kappa shape index (κ3) is 6.55. The maximum atomic E-state index is 12.6. The first kappa shape index (κ1) is 20.0. The molecule has 0 aliphatic carbocycles. The fourth-order valence-electron chi connectivity index (χ4n) is 2.08. The minimum atomic E-state index is -4.37. The summed E-state index contributed by atoms with van der Waals surface area (Å²) in [6, 6.07) is 12.8. The van der Waals surface area contributed by atoms with Crippen molar-refractivity contribution in [2.75, 3.05) is 6.54 Å².